The van der Waals surface area contributed by atoms with E-state index in [1.54, 1.807) is 55.9 Å². The number of nitrogens with zero attached hydrogens (tertiary/aromatic N) is 4. The molecule has 0 aliphatic carbocycles. The minimum atomic E-state index is -4.01. The molecule has 1 aromatic heterocycles. The van der Waals surface area contributed by atoms with E-state index in [1.165, 1.54) is 13.2 Å². The Labute approximate surface area is 169 Å². The van der Waals surface area contributed by atoms with Gasteiger partial charge in [-0.05, 0) is 68.7 Å². The molecule has 29 heavy (non-hydrogen) atoms. The number of hydrogen-bond donors (Lipinski definition) is 0. The zero-order valence-corrected chi connectivity index (χ0v) is 17.7. The maximum absolute atomic E-state index is 12.8. The third kappa shape index (κ3) is 4.45. The molecule has 0 radical (unpaired) electrons. The Balaban J connectivity index is 1.90. The predicted molar refractivity (Wildman–Crippen MR) is 109 cm³/mol. The number of methoxy groups -OCH3 is 1. The summed E-state index contributed by atoms with van der Waals surface area (Å²) < 4.78 is 37.8. The lowest BCUT2D eigenvalue weighted by molar-refractivity contribution is 0.390. The second-order valence-electron chi connectivity index (χ2n) is 6.57. The molecule has 0 atom stereocenters. The Morgan fingerprint density at radius 3 is 2.31 bits per heavy atom. The van der Waals surface area contributed by atoms with Gasteiger partial charge in [-0.1, -0.05) is 12.1 Å². The second-order valence-corrected chi connectivity index (χ2v) is 8.08. The lowest BCUT2D eigenvalue weighted by atomic mass is 10.2. The van der Waals surface area contributed by atoms with Crippen molar-refractivity contribution in [2.45, 2.75) is 32.6 Å². The van der Waals surface area contributed by atoms with Crippen LogP contribution in [0.5, 0.6) is 11.5 Å². The van der Waals surface area contributed by atoms with E-state index >= 15 is 0 Å². The fourth-order valence-electron chi connectivity index (χ4n) is 2.73. The fourth-order valence-corrected chi connectivity index (χ4v) is 3.98. The van der Waals surface area contributed by atoms with E-state index < -0.39 is 10.1 Å². The van der Waals surface area contributed by atoms with Crippen LogP contribution < -0.4 is 8.92 Å². The molecular formula is C20H22N4O4S. The largest absolute Gasteiger partial charge is 0.493 e. The number of ether oxygens (including phenoxy) is 1. The normalized spacial score (nSPS) is 11.8. The molecule has 0 fully saturated rings. The maximum Gasteiger partial charge on any atom is 0.339 e. The van der Waals surface area contributed by atoms with Crippen molar-refractivity contribution in [2.75, 3.05) is 7.11 Å². The second kappa shape index (κ2) is 8.04. The Morgan fingerprint density at radius 2 is 1.66 bits per heavy atom. The van der Waals surface area contributed by atoms with Crippen molar-refractivity contribution in [3.63, 3.8) is 0 Å². The molecule has 0 N–H and O–H groups in total. The van der Waals surface area contributed by atoms with Crippen LogP contribution >= 0.6 is 0 Å². The first-order chi connectivity index (χ1) is 13.7. The lowest BCUT2D eigenvalue weighted by Crippen LogP contribution is -2.12. The highest BCUT2D eigenvalue weighted by molar-refractivity contribution is 7.87. The number of rotatable bonds is 6. The molecule has 2 aromatic carbocycles. The van der Waals surface area contributed by atoms with Crippen LogP contribution in [0.4, 0.5) is 0 Å². The lowest BCUT2D eigenvalue weighted by Gasteiger charge is -2.13. The van der Waals surface area contributed by atoms with E-state index in [2.05, 4.69) is 15.3 Å². The molecule has 0 aliphatic rings. The van der Waals surface area contributed by atoms with Crippen LogP contribution in [-0.4, -0.2) is 36.6 Å². The molecule has 1 heterocycles. The van der Waals surface area contributed by atoms with Crippen molar-refractivity contribution in [2.24, 2.45) is 5.10 Å². The van der Waals surface area contributed by atoms with E-state index in [1.807, 2.05) is 13.0 Å². The highest BCUT2D eigenvalue weighted by atomic mass is 32.2. The molecule has 152 valence electrons. The SMILES string of the molecule is COc1cc(/C=N\n2c(C)nnc2C)ccc1OS(=O)(=O)c1cc(C)ccc1C. The molecule has 8 nitrogen and oxygen atoms in total. The number of hydrogen-bond acceptors (Lipinski definition) is 7. The molecule has 0 spiro atoms. The fraction of sp³-hybridized carbons (Fsp3) is 0.250. The summed E-state index contributed by atoms with van der Waals surface area (Å²) in [4.78, 5) is 0.128. The molecule has 0 amide bonds. The minimum Gasteiger partial charge on any atom is -0.493 e. The first kappa shape index (κ1) is 20.5. The monoisotopic (exact) mass is 414 g/mol. The molecule has 9 heteroatoms. The number of aromatic nitrogens is 3. The molecule has 0 saturated heterocycles. The van der Waals surface area contributed by atoms with Gasteiger partial charge in [0.15, 0.2) is 23.1 Å². The highest BCUT2D eigenvalue weighted by Gasteiger charge is 2.21. The van der Waals surface area contributed by atoms with Crippen LogP contribution in [0.1, 0.15) is 28.3 Å². The van der Waals surface area contributed by atoms with Gasteiger partial charge in [-0.15, -0.1) is 10.2 Å². The van der Waals surface area contributed by atoms with E-state index in [9.17, 15) is 8.42 Å². The van der Waals surface area contributed by atoms with Gasteiger partial charge in [-0.25, -0.2) is 4.68 Å². The molecule has 3 aromatic rings. The zero-order valence-electron chi connectivity index (χ0n) is 16.9. The summed E-state index contributed by atoms with van der Waals surface area (Å²) >= 11 is 0. The van der Waals surface area contributed by atoms with Gasteiger partial charge >= 0.3 is 10.1 Å². The molecule has 0 unspecified atom stereocenters. The van der Waals surface area contributed by atoms with E-state index in [-0.39, 0.29) is 16.4 Å². The van der Waals surface area contributed by atoms with E-state index in [4.69, 9.17) is 8.92 Å². The van der Waals surface area contributed by atoms with Crippen LogP contribution in [0.25, 0.3) is 0 Å². The average molecular weight is 414 g/mol. The molecular weight excluding hydrogens is 392 g/mol. The van der Waals surface area contributed by atoms with Crippen molar-refractivity contribution < 1.29 is 17.3 Å². The van der Waals surface area contributed by atoms with Gasteiger partial charge in [0.05, 0.1) is 13.3 Å². The summed E-state index contributed by atoms with van der Waals surface area (Å²) in [5.41, 5.74) is 2.14. The Morgan fingerprint density at radius 1 is 0.966 bits per heavy atom. The Hall–Kier alpha value is -3.20. The summed E-state index contributed by atoms with van der Waals surface area (Å²) in [5, 5.41) is 12.2. The van der Waals surface area contributed by atoms with Gasteiger partial charge in [0.1, 0.15) is 4.90 Å². The van der Waals surface area contributed by atoms with Crippen molar-refractivity contribution in [1.29, 1.82) is 0 Å². The topological polar surface area (TPSA) is 95.7 Å². The molecule has 0 bridgehead atoms. The van der Waals surface area contributed by atoms with Crippen molar-refractivity contribution >= 4 is 16.3 Å². The van der Waals surface area contributed by atoms with Gasteiger partial charge in [-0.2, -0.15) is 13.5 Å². The standard InChI is InChI=1S/C20H22N4O4S/c1-13-6-7-14(2)20(10-13)29(25,26)28-18-9-8-17(11-19(18)27-5)12-21-24-15(3)22-23-16(24)4/h6-12H,1-5H3/b21-12-. The summed E-state index contributed by atoms with van der Waals surface area (Å²) in [5.74, 6) is 1.69. The van der Waals surface area contributed by atoms with Gasteiger partial charge in [0.2, 0.25) is 0 Å². The van der Waals surface area contributed by atoms with Gasteiger partial charge in [0, 0.05) is 0 Å². The number of benzene rings is 2. The highest BCUT2D eigenvalue weighted by Crippen LogP contribution is 2.31. The number of aryl methyl sites for hydroxylation is 4. The summed E-state index contributed by atoms with van der Waals surface area (Å²) in [7, 11) is -2.56. The van der Waals surface area contributed by atoms with Gasteiger partial charge < -0.3 is 8.92 Å². The summed E-state index contributed by atoms with van der Waals surface area (Å²) in [6.45, 7) is 7.15. The zero-order chi connectivity index (χ0) is 21.2. The molecule has 0 aliphatic heterocycles. The van der Waals surface area contributed by atoms with E-state index in [0.29, 0.717) is 22.8 Å². The van der Waals surface area contributed by atoms with E-state index in [0.717, 1.165) is 5.56 Å². The maximum atomic E-state index is 12.8. The van der Waals surface area contributed by atoms with Crippen LogP contribution in [0.15, 0.2) is 46.4 Å². The quantitative estimate of drug-likeness (QED) is 0.454. The van der Waals surface area contributed by atoms with Crippen molar-refractivity contribution in [3.05, 3.63) is 64.7 Å². The third-order valence-electron chi connectivity index (χ3n) is 4.27. The predicted octanol–water partition coefficient (Wildman–Crippen LogP) is 3.17. The van der Waals surface area contributed by atoms with Crippen LogP contribution in [0.2, 0.25) is 0 Å². The summed E-state index contributed by atoms with van der Waals surface area (Å²) in [6, 6.07) is 10.1. The molecule has 3 rings (SSSR count). The van der Waals surface area contributed by atoms with Crippen LogP contribution in [0, 0.1) is 27.7 Å². The third-order valence-corrected chi connectivity index (χ3v) is 5.65. The summed E-state index contributed by atoms with van der Waals surface area (Å²) in [6.07, 6.45) is 1.61. The smallest absolute Gasteiger partial charge is 0.339 e. The van der Waals surface area contributed by atoms with Crippen LogP contribution in [-0.2, 0) is 10.1 Å². The van der Waals surface area contributed by atoms with Gasteiger partial charge in [-0.3, -0.25) is 0 Å². The first-order valence-corrected chi connectivity index (χ1v) is 10.2. The minimum absolute atomic E-state index is 0.0993. The van der Waals surface area contributed by atoms with Crippen molar-refractivity contribution in [1.82, 2.24) is 14.9 Å². The van der Waals surface area contributed by atoms with Crippen LogP contribution in [0.3, 0.4) is 0 Å². The Bertz CT molecular complexity index is 1160. The van der Waals surface area contributed by atoms with Gasteiger partial charge in [0.25, 0.3) is 0 Å². The van der Waals surface area contributed by atoms with Crippen molar-refractivity contribution in [3.8, 4) is 11.5 Å². The Kier molecular flexibility index (Phi) is 5.69. The molecule has 0 saturated carbocycles. The average Bonchev–Trinajstić information content (AvgIpc) is 3.00. The first-order valence-electron chi connectivity index (χ1n) is 8.84.